The van der Waals surface area contributed by atoms with Gasteiger partial charge in [0, 0.05) is 30.6 Å². The third kappa shape index (κ3) is 1.90. The summed E-state index contributed by atoms with van der Waals surface area (Å²) < 4.78 is 0. The van der Waals surface area contributed by atoms with Gasteiger partial charge in [-0.25, -0.2) is 0 Å². The van der Waals surface area contributed by atoms with Crippen molar-refractivity contribution in [1.29, 1.82) is 0 Å². The molecule has 0 aromatic carbocycles. The third-order valence-corrected chi connectivity index (χ3v) is 6.47. The zero-order valence-corrected chi connectivity index (χ0v) is 13.2. The van der Waals surface area contributed by atoms with Crippen LogP contribution in [0.15, 0.2) is 12.2 Å². The normalized spacial score (nSPS) is 43.6. The number of carbonyl (C=O) groups excluding carboxylic acids is 2. The molecule has 116 valence electrons. The number of hydrogen-bond donors (Lipinski definition) is 1. The van der Waals surface area contributed by atoms with Crippen LogP contribution >= 0.6 is 11.6 Å². The highest BCUT2D eigenvalue weighted by molar-refractivity contribution is 6.18. The van der Waals surface area contributed by atoms with Crippen molar-refractivity contribution >= 4 is 23.2 Å². The summed E-state index contributed by atoms with van der Waals surface area (Å²) in [4.78, 5) is 24.9. The highest BCUT2D eigenvalue weighted by Gasteiger charge is 2.74. The molecule has 1 N–H and O–H groups in total. The number of halogens is 1. The Morgan fingerprint density at radius 2 is 2.19 bits per heavy atom. The Morgan fingerprint density at radius 1 is 1.43 bits per heavy atom. The predicted octanol–water partition coefficient (Wildman–Crippen LogP) is 2.89. The van der Waals surface area contributed by atoms with Gasteiger partial charge in [-0.1, -0.05) is 19.1 Å². The molecule has 2 fully saturated rings. The van der Waals surface area contributed by atoms with Crippen LogP contribution < -0.4 is 0 Å². The maximum atomic E-state index is 12.4. The number of ketones is 2. The Morgan fingerprint density at radius 3 is 2.76 bits per heavy atom. The molecule has 0 aromatic heterocycles. The van der Waals surface area contributed by atoms with Crippen LogP contribution in [-0.4, -0.2) is 28.7 Å². The van der Waals surface area contributed by atoms with Gasteiger partial charge in [0.15, 0.2) is 0 Å². The molecule has 2 saturated carbocycles. The molecular formula is C17H23ClO3. The largest absolute Gasteiger partial charge is 0.391 e. The van der Waals surface area contributed by atoms with Crippen LogP contribution in [0.5, 0.6) is 0 Å². The van der Waals surface area contributed by atoms with E-state index >= 15 is 0 Å². The molecule has 0 aliphatic heterocycles. The van der Waals surface area contributed by atoms with Gasteiger partial charge >= 0.3 is 0 Å². The first-order valence-corrected chi connectivity index (χ1v) is 8.47. The van der Waals surface area contributed by atoms with E-state index in [0.717, 1.165) is 19.3 Å². The lowest BCUT2D eigenvalue weighted by Gasteiger charge is -2.57. The van der Waals surface area contributed by atoms with Gasteiger partial charge in [0.05, 0.1) is 11.5 Å². The second-order valence-electron chi connectivity index (χ2n) is 7.13. The van der Waals surface area contributed by atoms with E-state index in [2.05, 4.69) is 6.08 Å². The number of alkyl halides is 1. The predicted molar refractivity (Wildman–Crippen MR) is 81.1 cm³/mol. The second kappa shape index (κ2) is 5.20. The topological polar surface area (TPSA) is 54.4 Å². The molecule has 3 aliphatic rings. The molecule has 0 radical (unpaired) electrons. The number of Topliss-reactive ketones (excluding diaryl/α,β-unsaturated/α-hetero) is 2. The minimum atomic E-state index is -0.854. The quantitative estimate of drug-likeness (QED) is 0.641. The zero-order valence-electron chi connectivity index (χ0n) is 12.5. The van der Waals surface area contributed by atoms with Crippen LogP contribution in [0.1, 0.15) is 45.4 Å². The zero-order chi connectivity index (χ0) is 15.3. The average molecular weight is 311 g/mol. The van der Waals surface area contributed by atoms with Crippen molar-refractivity contribution in [3.63, 3.8) is 0 Å². The number of rotatable bonds is 4. The fraction of sp³-hybridized carbons (Fsp3) is 0.765. The van der Waals surface area contributed by atoms with Crippen molar-refractivity contribution in [2.75, 3.05) is 5.88 Å². The first-order chi connectivity index (χ1) is 9.97. The molecule has 3 nitrogen and oxygen atoms in total. The summed E-state index contributed by atoms with van der Waals surface area (Å²) in [5.41, 5.74) is -1.26. The monoisotopic (exact) mass is 310 g/mol. The highest BCUT2D eigenvalue weighted by Crippen LogP contribution is 2.68. The van der Waals surface area contributed by atoms with Crippen molar-refractivity contribution < 1.29 is 14.7 Å². The van der Waals surface area contributed by atoms with Crippen molar-refractivity contribution in [2.24, 2.45) is 22.7 Å². The van der Waals surface area contributed by atoms with Crippen LogP contribution in [-0.2, 0) is 9.59 Å². The lowest BCUT2D eigenvalue weighted by molar-refractivity contribution is -0.181. The molecule has 0 unspecified atom stereocenters. The van der Waals surface area contributed by atoms with E-state index in [1.807, 2.05) is 13.0 Å². The first-order valence-electron chi connectivity index (χ1n) is 7.94. The molecule has 0 bridgehead atoms. The Labute approximate surface area is 130 Å². The van der Waals surface area contributed by atoms with Gasteiger partial charge in [0.25, 0.3) is 0 Å². The Balaban J connectivity index is 1.94. The second-order valence-corrected chi connectivity index (χ2v) is 7.51. The standard InChI is InChI=1S/C17H23ClO3/c1-16-10-14(20)17(16,9-13(19)12(16)7-8-18)15(21)11-5-3-2-4-6-11/h3,5,11-12,15,21H,2,4,6-10H2,1H3/t11-,12+,15+,16+,17+/m1/s1. The summed E-state index contributed by atoms with van der Waals surface area (Å²) in [6, 6.07) is 0. The van der Waals surface area contributed by atoms with E-state index in [0.29, 0.717) is 18.7 Å². The van der Waals surface area contributed by atoms with Crippen LogP contribution in [0, 0.1) is 22.7 Å². The molecule has 5 atom stereocenters. The van der Waals surface area contributed by atoms with Crippen LogP contribution in [0.2, 0.25) is 0 Å². The molecule has 0 spiro atoms. The van der Waals surface area contributed by atoms with Crippen molar-refractivity contribution in [1.82, 2.24) is 0 Å². The van der Waals surface area contributed by atoms with Crippen LogP contribution in [0.4, 0.5) is 0 Å². The molecular weight excluding hydrogens is 288 g/mol. The fourth-order valence-electron chi connectivity index (χ4n) is 5.01. The van der Waals surface area contributed by atoms with Crippen LogP contribution in [0.3, 0.4) is 0 Å². The maximum Gasteiger partial charge on any atom is 0.143 e. The van der Waals surface area contributed by atoms with E-state index in [4.69, 9.17) is 11.6 Å². The molecule has 3 rings (SSSR count). The van der Waals surface area contributed by atoms with Crippen LogP contribution in [0.25, 0.3) is 0 Å². The summed E-state index contributed by atoms with van der Waals surface area (Å²) in [7, 11) is 0. The summed E-state index contributed by atoms with van der Waals surface area (Å²) in [5, 5.41) is 10.9. The summed E-state index contributed by atoms with van der Waals surface area (Å²) in [6.07, 6.45) is 7.59. The minimum Gasteiger partial charge on any atom is -0.391 e. The molecule has 0 aromatic rings. The van der Waals surface area contributed by atoms with Gasteiger partial charge in [-0.15, -0.1) is 11.6 Å². The number of fused-ring (bicyclic) bond motifs is 1. The Hall–Kier alpha value is -0.670. The van der Waals surface area contributed by atoms with E-state index in [1.165, 1.54) is 0 Å². The summed E-state index contributed by atoms with van der Waals surface area (Å²) in [6.45, 7) is 2.01. The Kier molecular flexibility index (Phi) is 3.77. The minimum absolute atomic E-state index is 0.00452. The molecule has 0 heterocycles. The van der Waals surface area contributed by atoms with Gasteiger partial charge in [-0.05, 0) is 31.1 Å². The smallest absolute Gasteiger partial charge is 0.143 e. The maximum absolute atomic E-state index is 12.4. The van der Waals surface area contributed by atoms with E-state index in [1.54, 1.807) is 0 Å². The lowest BCUT2D eigenvalue weighted by atomic mass is 9.45. The summed E-state index contributed by atoms with van der Waals surface area (Å²) in [5.74, 6) is 0.444. The summed E-state index contributed by atoms with van der Waals surface area (Å²) >= 11 is 5.85. The highest BCUT2D eigenvalue weighted by atomic mass is 35.5. The van der Waals surface area contributed by atoms with Crippen molar-refractivity contribution in [2.45, 2.75) is 51.6 Å². The molecule has 4 heteroatoms. The molecule has 21 heavy (non-hydrogen) atoms. The number of hydrogen-bond acceptors (Lipinski definition) is 3. The lowest BCUT2D eigenvalue weighted by Crippen LogP contribution is -2.64. The van der Waals surface area contributed by atoms with Gasteiger partial charge in [-0.2, -0.15) is 0 Å². The van der Waals surface area contributed by atoms with Gasteiger partial charge < -0.3 is 5.11 Å². The number of allylic oxidation sites excluding steroid dienone is 1. The Bertz CT molecular complexity index is 500. The number of aliphatic hydroxyl groups excluding tert-OH is 1. The van der Waals surface area contributed by atoms with Gasteiger partial charge in [0.1, 0.15) is 11.6 Å². The fourth-order valence-corrected chi connectivity index (χ4v) is 5.23. The van der Waals surface area contributed by atoms with Gasteiger partial charge in [0.2, 0.25) is 0 Å². The van der Waals surface area contributed by atoms with E-state index < -0.39 is 16.9 Å². The van der Waals surface area contributed by atoms with Gasteiger partial charge in [-0.3, -0.25) is 9.59 Å². The number of carbonyl (C=O) groups is 2. The molecule has 0 amide bonds. The van der Waals surface area contributed by atoms with E-state index in [-0.39, 0.29) is 29.8 Å². The SMILES string of the molecule is C[C@@]12CC(=O)[C@]1([C@@H](O)[C@@H]1C=CCCC1)CC(=O)[C@@H]2CCCl. The average Bonchev–Trinajstić information content (AvgIpc) is 2.65. The third-order valence-electron chi connectivity index (χ3n) is 6.26. The van der Waals surface area contributed by atoms with Crippen molar-refractivity contribution in [3.05, 3.63) is 12.2 Å². The molecule has 3 aliphatic carbocycles. The number of aliphatic hydroxyl groups is 1. The first kappa shape index (κ1) is 15.2. The molecule has 0 saturated heterocycles. The van der Waals surface area contributed by atoms with E-state index in [9.17, 15) is 14.7 Å². The van der Waals surface area contributed by atoms with Crippen molar-refractivity contribution in [3.8, 4) is 0 Å².